The van der Waals surface area contributed by atoms with Crippen LogP contribution in [0.5, 0.6) is 23.0 Å². The minimum absolute atomic E-state index is 0.642. The second-order valence-electron chi connectivity index (χ2n) is 6.49. The van der Waals surface area contributed by atoms with Gasteiger partial charge in [0.1, 0.15) is 0 Å². The Balaban J connectivity index is 1.76. The van der Waals surface area contributed by atoms with Crippen molar-refractivity contribution in [1.82, 2.24) is 0 Å². The second kappa shape index (κ2) is 11.2. The molecule has 0 aliphatic heterocycles. The maximum atomic E-state index is 5.36. The maximum Gasteiger partial charge on any atom is 0.161 e. The number of hydrogen-bond acceptors (Lipinski definition) is 6. The van der Waals surface area contributed by atoms with Crippen LogP contribution in [0.25, 0.3) is 0 Å². The van der Waals surface area contributed by atoms with Gasteiger partial charge in [0, 0.05) is 32.5 Å². The number of aliphatic imine (C=N–C) groups is 2. The Hall–Kier alpha value is -2.84. The standard InChI is InChI=1S/C24H22Br2N2O4/c1-29-21-9-15(19(25)11-23(21)31-3)13-27-17-5-7-18(8-6-17)28-14-16-10-22(30-2)24(32-4)12-20(16)26/h5-14H,1-4H3. The fraction of sp³-hybridized carbons (Fsp3) is 0.167. The predicted molar refractivity (Wildman–Crippen MR) is 135 cm³/mol. The lowest BCUT2D eigenvalue weighted by Crippen LogP contribution is -1.93. The average Bonchev–Trinajstić information content (AvgIpc) is 2.82. The van der Waals surface area contributed by atoms with E-state index >= 15 is 0 Å². The number of benzene rings is 3. The molecule has 0 unspecified atom stereocenters. The fourth-order valence-corrected chi connectivity index (χ4v) is 3.70. The van der Waals surface area contributed by atoms with Gasteiger partial charge in [-0.15, -0.1) is 0 Å². The Morgan fingerprint density at radius 2 is 0.875 bits per heavy atom. The zero-order chi connectivity index (χ0) is 23.1. The van der Waals surface area contributed by atoms with E-state index in [9.17, 15) is 0 Å². The van der Waals surface area contributed by atoms with Gasteiger partial charge in [-0.05, 0) is 80.4 Å². The van der Waals surface area contributed by atoms with Gasteiger partial charge in [-0.1, -0.05) is 0 Å². The molecule has 0 aliphatic carbocycles. The zero-order valence-corrected chi connectivity index (χ0v) is 21.2. The summed E-state index contributed by atoms with van der Waals surface area (Å²) in [4.78, 5) is 9.08. The SMILES string of the molecule is COc1cc(Br)c(C=Nc2ccc(N=Cc3cc(OC)c(OC)cc3Br)cc2)cc1OC. The van der Waals surface area contributed by atoms with Crippen LogP contribution in [-0.4, -0.2) is 40.9 Å². The second-order valence-corrected chi connectivity index (χ2v) is 8.20. The van der Waals surface area contributed by atoms with Crippen molar-refractivity contribution in [3.63, 3.8) is 0 Å². The zero-order valence-electron chi connectivity index (χ0n) is 18.1. The van der Waals surface area contributed by atoms with E-state index in [2.05, 4.69) is 41.8 Å². The minimum atomic E-state index is 0.642. The quantitative estimate of drug-likeness (QED) is 0.285. The van der Waals surface area contributed by atoms with Crippen LogP contribution < -0.4 is 18.9 Å². The van der Waals surface area contributed by atoms with Crippen LogP contribution in [0.2, 0.25) is 0 Å². The summed E-state index contributed by atoms with van der Waals surface area (Å²) in [6, 6.07) is 15.1. The van der Waals surface area contributed by atoms with Crippen LogP contribution in [0, 0.1) is 0 Å². The molecule has 3 aromatic carbocycles. The van der Waals surface area contributed by atoms with Gasteiger partial charge in [0.25, 0.3) is 0 Å². The molecule has 0 saturated heterocycles. The molecule has 0 aromatic heterocycles. The van der Waals surface area contributed by atoms with E-state index in [1.54, 1.807) is 40.9 Å². The van der Waals surface area contributed by atoms with Gasteiger partial charge < -0.3 is 18.9 Å². The Kier molecular flexibility index (Phi) is 8.30. The smallest absolute Gasteiger partial charge is 0.161 e. The summed E-state index contributed by atoms with van der Waals surface area (Å²) in [5.41, 5.74) is 3.36. The molecule has 0 saturated carbocycles. The summed E-state index contributed by atoms with van der Waals surface area (Å²) in [5.74, 6) is 2.59. The lowest BCUT2D eigenvalue weighted by atomic mass is 10.2. The van der Waals surface area contributed by atoms with E-state index in [4.69, 9.17) is 18.9 Å². The van der Waals surface area contributed by atoms with Crippen molar-refractivity contribution in [3.05, 3.63) is 68.6 Å². The molecule has 0 fully saturated rings. The number of rotatable bonds is 8. The highest BCUT2D eigenvalue weighted by molar-refractivity contribution is 9.10. The van der Waals surface area contributed by atoms with Crippen LogP contribution in [-0.2, 0) is 0 Å². The van der Waals surface area contributed by atoms with Gasteiger partial charge in [-0.25, -0.2) is 0 Å². The number of halogens is 2. The molecule has 0 N–H and O–H groups in total. The van der Waals surface area contributed by atoms with Crippen molar-refractivity contribution >= 4 is 55.7 Å². The molecule has 0 aliphatic rings. The van der Waals surface area contributed by atoms with Crippen molar-refractivity contribution in [2.75, 3.05) is 28.4 Å². The van der Waals surface area contributed by atoms with E-state index < -0.39 is 0 Å². The Bertz CT molecular complexity index is 1060. The molecule has 0 atom stereocenters. The first-order valence-electron chi connectivity index (χ1n) is 9.50. The molecule has 0 bridgehead atoms. The molecule has 3 aromatic rings. The number of ether oxygens (including phenoxy) is 4. The molecule has 0 amide bonds. The van der Waals surface area contributed by atoms with Crippen LogP contribution in [0.4, 0.5) is 11.4 Å². The largest absolute Gasteiger partial charge is 0.493 e. The normalized spacial score (nSPS) is 11.2. The Labute approximate surface area is 204 Å². The summed E-state index contributed by atoms with van der Waals surface area (Å²) in [6.45, 7) is 0. The third-order valence-electron chi connectivity index (χ3n) is 4.56. The van der Waals surface area contributed by atoms with Crippen LogP contribution in [0.15, 0.2) is 67.5 Å². The third-order valence-corrected chi connectivity index (χ3v) is 5.93. The molecule has 166 valence electrons. The van der Waals surface area contributed by atoms with Crippen LogP contribution in [0.3, 0.4) is 0 Å². The maximum absolute atomic E-state index is 5.36. The summed E-state index contributed by atoms with van der Waals surface area (Å²) >= 11 is 7.08. The molecule has 8 heteroatoms. The Morgan fingerprint density at radius 3 is 1.19 bits per heavy atom. The van der Waals surface area contributed by atoms with E-state index in [0.717, 1.165) is 31.4 Å². The van der Waals surface area contributed by atoms with E-state index in [-0.39, 0.29) is 0 Å². The predicted octanol–water partition coefficient (Wildman–Crippen LogP) is 6.75. The van der Waals surface area contributed by atoms with E-state index in [0.29, 0.717) is 23.0 Å². The molecule has 6 nitrogen and oxygen atoms in total. The van der Waals surface area contributed by atoms with Gasteiger partial charge in [0.2, 0.25) is 0 Å². The molecular weight excluding hydrogens is 540 g/mol. The number of hydrogen-bond donors (Lipinski definition) is 0. The number of methoxy groups -OCH3 is 4. The lowest BCUT2D eigenvalue weighted by Gasteiger charge is -2.09. The molecular formula is C24H22Br2N2O4. The Morgan fingerprint density at radius 1 is 0.562 bits per heavy atom. The summed E-state index contributed by atoms with van der Waals surface area (Å²) in [6.07, 6.45) is 3.54. The highest BCUT2D eigenvalue weighted by atomic mass is 79.9. The molecule has 3 rings (SSSR count). The molecule has 0 spiro atoms. The lowest BCUT2D eigenvalue weighted by molar-refractivity contribution is 0.354. The highest BCUT2D eigenvalue weighted by Crippen LogP contribution is 2.34. The fourth-order valence-electron chi connectivity index (χ4n) is 2.85. The summed E-state index contributed by atoms with van der Waals surface area (Å²) in [7, 11) is 6.41. The first-order chi connectivity index (χ1) is 15.5. The van der Waals surface area contributed by atoms with Crippen molar-refractivity contribution in [1.29, 1.82) is 0 Å². The van der Waals surface area contributed by atoms with Crippen molar-refractivity contribution < 1.29 is 18.9 Å². The average molecular weight is 562 g/mol. The van der Waals surface area contributed by atoms with Gasteiger partial charge in [0.05, 0.1) is 39.8 Å². The topological polar surface area (TPSA) is 61.6 Å². The molecule has 32 heavy (non-hydrogen) atoms. The molecule has 0 radical (unpaired) electrons. The minimum Gasteiger partial charge on any atom is -0.493 e. The van der Waals surface area contributed by atoms with Crippen LogP contribution >= 0.6 is 31.9 Å². The summed E-state index contributed by atoms with van der Waals surface area (Å²) < 4.78 is 23.0. The van der Waals surface area contributed by atoms with Crippen molar-refractivity contribution in [2.45, 2.75) is 0 Å². The van der Waals surface area contributed by atoms with Crippen molar-refractivity contribution in [2.24, 2.45) is 9.98 Å². The molecule has 0 heterocycles. The number of nitrogens with zero attached hydrogens (tertiary/aromatic N) is 2. The van der Waals surface area contributed by atoms with Gasteiger partial charge in [0.15, 0.2) is 23.0 Å². The third kappa shape index (κ3) is 5.69. The first-order valence-corrected chi connectivity index (χ1v) is 11.1. The van der Waals surface area contributed by atoms with Crippen LogP contribution in [0.1, 0.15) is 11.1 Å². The first kappa shape index (κ1) is 23.8. The van der Waals surface area contributed by atoms with E-state index in [1.807, 2.05) is 48.5 Å². The van der Waals surface area contributed by atoms with Gasteiger partial charge in [-0.3, -0.25) is 9.98 Å². The van der Waals surface area contributed by atoms with Gasteiger partial charge >= 0.3 is 0 Å². The summed E-state index contributed by atoms with van der Waals surface area (Å²) in [5, 5.41) is 0. The van der Waals surface area contributed by atoms with Crippen molar-refractivity contribution in [3.8, 4) is 23.0 Å². The monoisotopic (exact) mass is 560 g/mol. The van der Waals surface area contributed by atoms with E-state index in [1.165, 1.54) is 0 Å². The highest BCUT2D eigenvalue weighted by Gasteiger charge is 2.09. The van der Waals surface area contributed by atoms with Gasteiger partial charge in [-0.2, -0.15) is 0 Å².